The minimum absolute atomic E-state index is 0.131. The normalized spacial score (nSPS) is 10.6. The Balaban J connectivity index is 2.55. The van der Waals surface area contributed by atoms with E-state index in [0.717, 1.165) is 16.8 Å². The molecule has 0 atom stereocenters. The van der Waals surface area contributed by atoms with Gasteiger partial charge in [0.1, 0.15) is 18.1 Å². The molecule has 1 aromatic carbocycles. The van der Waals surface area contributed by atoms with Crippen LogP contribution in [0.1, 0.15) is 22.8 Å². The van der Waals surface area contributed by atoms with Gasteiger partial charge in [0, 0.05) is 0 Å². The van der Waals surface area contributed by atoms with Crippen molar-refractivity contribution in [1.82, 2.24) is 14.8 Å². The van der Waals surface area contributed by atoms with E-state index < -0.39 is 5.97 Å². The number of carbonyl (C=O) groups is 1. The van der Waals surface area contributed by atoms with Gasteiger partial charge in [-0.2, -0.15) is 5.10 Å². The molecule has 2 rings (SSSR count). The predicted octanol–water partition coefficient (Wildman–Crippen LogP) is 1.82. The second-order valence-corrected chi connectivity index (χ2v) is 4.35. The third kappa shape index (κ3) is 2.40. The van der Waals surface area contributed by atoms with Crippen LogP contribution in [0.4, 0.5) is 0 Å². The van der Waals surface area contributed by atoms with Crippen LogP contribution in [-0.2, 0) is 11.2 Å². The van der Waals surface area contributed by atoms with E-state index in [2.05, 4.69) is 10.1 Å². The summed E-state index contributed by atoms with van der Waals surface area (Å²) in [5.74, 6) is 0.120. The molecule has 0 aliphatic rings. The molecule has 1 N–H and O–H groups in total. The van der Waals surface area contributed by atoms with Crippen molar-refractivity contribution in [1.29, 1.82) is 0 Å². The Kier molecular flexibility index (Phi) is 3.14. The summed E-state index contributed by atoms with van der Waals surface area (Å²) in [7, 11) is 0. The molecule has 1 aromatic heterocycles. The summed E-state index contributed by atoms with van der Waals surface area (Å²) in [4.78, 5) is 15.0. The topological polar surface area (TPSA) is 68.0 Å². The lowest BCUT2D eigenvalue weighted by molar-refractivity contribution is -0.136. The molecule has 0 bridgehead atoms. The van der Waals surface area contributed by atoms with Gasteiger partial charge < -0.3 is 5.11 Å². The number of aromatic nitrogens is 3. The highest BCUT2D eigenvalue weighted by molar-refractivity contribution is 5.69. The smallest absolute Gasteiger partial charge is 0.311 e. The Morgan fingerprint density at radius 3 is 2.72 bits per heavy atom. The van der Waals surface area contributed by atoms with Crippen molar-refractivity contribution in [2.45, 2.75) is 27.2 Å². The summed E-state index contributed by atoms with van der Waals surface area (Å²) >= 11 is 0. The number of rotatable bonds is 3. The summed E-state index contributed by atoms with van der Waals surface area (Å²) in [5.41, 5.74) is 3.02. The zero-order chi connectivity index (χ0) is 13.3. The van der Waals surface area contributed by atoms with Gasteiger partial charge in [-0.25, -0.2) is 9.67 Å². The third-order valence-electron chi connectivity index (χ3n) is 2.68. The maximum Gasteiger partial charge on any atom is 0.311 e. The number of aliphatic carboxylic acids is 1. The molecule has 0 aliphatic heterocycles. The number of hydrogen-bond acceptors (Lipinski definition) is 3. The lowest BCUT2D eigenvalue weighted by Crippen LogP contribution is -2.10. The molecule has 0 radical (unpaired) electrons. The Labute approximate surface area is 105 Å². The van der Waals surface area contributed by atoms with Crippen LogP contribution in [0.15, 0.2) is 18.2 Å². The van der Waals surface area contributed by atoms with Crippen molar-refractivity contribution in [2.75, 3.05) is 0 Å². The standard InChI is InChI=1S/C13H15N3O2/c1-8-4-5-9(2)11(6-8)16-12(7-13(17)18)14-10(3)15-16/h4-6H,7H2,1-3H3,(H,17,18). The Morgan fingerprint density at radius 2 is 2.06 bits per heavy atom. The van der Waals surface area contributed by atoms with Gasteiger partial charge in [0.2, 0.25) is 0 Å². The van der Waals surface area contributed by atoms with Crippen molar-refractivity contribution >= 4 is 5.97 Å². The maximum absolute atomic E-state index is 10.8. The number of benzene rings is 1. The van der Waals surface area contributed by atoms with Crippen LogP contribution in [0.2, 0.25) is 0 Å². The second-order valence-electron chi connectivity index (χ2n) is 4.35. The molecule has 5 nitrogen and oxygen atoms in total. The minimum Gasteiger partial charge on any atom is -0.481 e. The van der Waals surface area contributed by atoms with Gasteiger partial charge in [0.15, 0.2) is 0 Å². The van der Waals surface area contributed by atoms with Gasteiger partial charge in [-0.05, 0) is 38.0 Å². The van der Waals surface area contributed by atoms with Crippen LogP contribution in [-0.4, -0.2) is 25.8 Å². The van der Waals surface area contributed by atoms with E-state index in [1.54, 1.807) is 11.6 Å². The van der Waals surface area contributed by atoms with Crippen LogP contribution in [0.5, 0.6) is 0 Å². The quantitative estimate of drug-likeness (QED) is 0.895. The van der Waals surface area contributed by atoms with Crippen LogP contribution in [0, 0.1) is 20.8 Å². The molecule has 0 fully saturated rings. The molecule has 0 saturated carbocycles. The monoisotopic (exact) mass is 245 g/mol. The number of aryl methyl sites for hydroxylation is 3. The van der Waals surface area contributed by atoms with Crippen molar-refractivity contribution in [3.05, 3.63) is 41.0 Å². The van der Waals surface area contributed by atoms with Crippen molar-refractivity contribution in [3.8, 4) is 5.69 Å². The Hall–Kier alpha value is -2.17. The molecule has 18 heavy (non-hydrogen) atoms. The largest absolute Gasteiger partial charge is 0.481 e. The molecule has 5 heteroatoms. The zero-order valence-electron chi connectivity index (χ0n) is 10.6. The first-order chi connectivity index (χ1) is 8.47. The molecule has 0 amide bonds. The van der Waals surface area contributed by atoms with E-state index in [1.165, 1.54) is 0 Å². The van der Waals surface area contributed by atoms with E-state index in [0.29, 0.717) is 11.6 Å². The van der Waals surface area contributed by atoms with Gasteiger partial charge >= 0.3 is 5.97 Å². The van der Waals surface area contributed by atoms with E-state index >= 15 is 0 Å². The van der Waals surface area contributed by atoms with E-state index in [-0.39, 0.29) is 6.42 Å². The Morgan fingerprint density at radius 1 is 1.33 bits per heavy atom. The fourth-order valence-corrected chi connectivity index (χ4v) is 1.85. The number of carboxylic acids is 1. The van der Waals surface area contributed by atoms with Crippen LogP contribution in [0.3, 0.4) is 0 Å². The van der Waals surface area contributed by atoms with Crippen molar-refractivity contribution < 1.29 is 9.90 Å². The van der Waals surface area contributed by atoms with Crippen molar-refractivity contribution in [2.24, 2.45) is 0 Å². The highest BCUT2D eigenvalue weighted by Crippen LogP contribution is 2.17. The summed E-state index contributed by atoms with van der Waals surface area (Å²) in [6.07, 6.45) is -0.131. The average Bonchev–Trinajstić information content (AvgIpc) is 2.62. The minimum atomic E-state index is -0.908. The summed E-state index contributed by atoms with van der Waals surface area (Å²) in [6, 6.07) is 5.99. The summed E-state index contributed by atoms with van der Waals surface area (Å²) in [5, 5.41) is 13.2. The first kappa shape index (κ1) is 12.3. The molecular formula is C13H15N3O2. The maximum atomic E-state index is 10.8. The van der Waals surface area contributed by atoms with Gasteiger partial charge in [-0.15, -0.1) is 0 Å². The lowest BCUT2D eigenvalue weighted by Gasteiger charge is -2.09. The van der Waals surface area contributed by atoms with Gasteiger partial charge in [-0.1, -0.05) is 12.1 Å². The molecular weight excluding hydrogens is 230 g/mol. The fourth-order valence-electron chi connectivity index (χ4n) is 1.85. The highest BCUT2D eigenvalue weighted by Gasteiger charge is 2.14. The number of hydrogen-bond donors (Lipinski definition) is 1. The van der Waals surface area contributed by atoms with Crippen LogP contribution in [0.25, 0.3) is 5.69 Å². The van der Waals surface area contributed by atoms with Crippen LogP contribution < -0.4 is 0 Å². The molecule has 94 valence electrons. The van der Waals surface area contributed by atoms with E-state index in [4.69, 9.17) is 5.11 Å². The molecule has 0 unspecified atom stereocenters. The molecule has 0 spiro atoms. The molecule has 2 aromatic rings. The number of carboxylic acid groups (broad SMARTS) is 1. The predicted molar refractivity (Wildman–Crippen MR) is 66.9 cm³/mol. The number of nitrogens with zero attached hydrogens (tertiary/aromatic N) is 3. The van der Waals surface area contributed by atoms with E-state index in [1.807, 2.05) is 32.0 Å². The lowest BCUT2D eigenvalue weighted by atomic mass is 10.1. The van der Waals surface area contributed by atoms with E-state index in [9.17, 15) is 4.79 Å². The van der Waals surface area contributed by atoms with Gasteiger partial charge in [0.05, 0.1) is 5.69 Å². The highest BCUT2D eigenvalue weighted by atomic mass is 16.4. The van der Waals surface area contributed by atoms with Gasteiger partial charge in [0.25, 0.3) is 0 Å². The van der Waals surface area contributed by atoms with Crippen LogP contribution >= 0.6 is 0 Å². The Bertz CT molecular complexity index is 602. The third-order valence-corrected chi connectivity index (χ3v) is 2.68. The summed E-state index contributed by atoms with van der Waals surface area (Å²) < 4.78 is 1.62. The molecule has 0 saturated heterocycles. The second kappa shape index (κ2) is 4.60. The van der Waals surface area contributed by atoms with Crippen molar-refractivity contribution in [3.63, 3.8) is 0 Å². The van der Waals surface area contributed by atoms with Gasteiger partial charge in [-0.3, -0.25) is 4.79 Å². The SMILES string of the molecule is Cc1ccc(C)c(-n2nc(C)nc2CC(=O)O)c1. The first-order valence-electron chi connectivity index (χ1n) is 5.69. The first-order valence-corrected chi connectivity index (χ1v) is 5.69. The molecule has 0 aliphatic carbocycles. The molecule has 1 heterocycles. The zero-order valence-corrected chi connectivity index (χ0v) is 10.6. The average molecular weight is 245 g/mol. The fraction of sp³-hybridized carbons (Fsp3) is 0.308. The summed E-state index contributed by atoms with van der Waals surface area (Å²) in [6.45, 7) is 5.72.